The average Bonchev–Trinajstić information content (AvgIpc) is 3.61. The van der Waals surface area contributed by atoms with Crippen molar-refractivity contribution in [2.45, 2.75) is 71.6 Å². The molecule has 2 amide bonds. The van der Waals surface area contributed by atoms with Gasteiger partial charge in [0.2, 0.25) is 0 Å². The summed E-state index contributed by atoms with van der Waals surface area (Å²) < 4.78 is 30.0. The molecule has 12 nitrogen and oxygen atoms in total. The first-order valence-corrected chi connectivity index (χ1v) is 13.4. The summed E-state index contributed by atoms with van der Waals surface area (Å²) in [6.07, 6.45) is 0.344. The highest BCUT2D eigenvalue weighted by Crippen LogP contribution is 2.40. The molecule has 0 atom stereocenters. The molecule has 2 aliphatic rings. The number of carbonyl (C=O) groups is 2. The van der Waals surface area contributed by atoms with Crippen LogP contribution in [0.15, 0.2) is 27.8 Å². The minimum absolute atomic E-state index is 0.0586. The van der Waals surface area contributed by atoms with Gasteiger partial charge in [-0.05, 0) is 60.5 Å². The molecular weight excluding hydrogens is 523 g/mol. The number of rotatable bonds is 3. The van der Waals surface area contributed by atoms with E-state index in [2.05, 4.69) is 5.43 Å². The van der Waals surface area contributed by atoms with Crippen molar-refractivity contribution >= 4 is 34.6 Å². The molecule has 0 spiro atoms. The van der Waals surface area contributed by atoms with E-state index in [4.69, 9.17) is 9.47 Å². The number of imidazole rings is 1. The summed E-state index contributed by atoms with van der Waals surface area (Å²) in [6.45, 7) is 11.9. The number of anilines is 1. The third-order valence-electron chi connectivity index (χ3n) is 6.66. The Bertz CT molecular complexity index is 1610. The minimum atomic E-state index is -0.962. The minimum Gasteiger partial charge on any atom is -0.444 e. The van der Waals surface area contributed by atoms with Crippen LogP contribution in [0.5, 0.6) is 0 Å². The molecule has 0 unspecified atom stereocenters. The summed E-state index contributed by atoms with van der Waals surface area (Å²) in [4.78, 5) is 54.6. The standard InChI is InChI=1S/C27H35FN6O6/c1-26(2,3)39-23(36)29-34-22(35)15-21-32(16-7-8-16)20-14-18(17(28)13-19(20)33(21)24(34)37)30-9-11-31(12-10-30)25(38)40-27(4,5)6/h13-16H,7-12H2,1-6H3,(H,29,36). The van der Waals surface area contributed by atoms with E-state index in [9.17, 15) is 19.2 Å². The predicted octanol–water partition coefficient (Wildman–Crippen LogP) is 3.43. The third kappa shape index (κ3) is 5.36. The van der Waals surface area contributed by atoms with Gasteiger partial charge in [0, 0.05) is 44.4 Å². The van der Waals surface area contributed by atoms with Crippen LogP contribution in [0, 0.1) is 5.82 Å². The predicted molar refractivity (Wildman–Crippen MR) is 147 cm³/mol. The number of hydrogen-bond donors (Lipinski definition) is 1. The van der Waals surface area contributed by atoms with Gasteiger partial charge >= 0.3 is 17.9 Å². The van der Waals surface area contributed by atoms with Gasteiger partial charge in [-0.2, -0.15) is 4.68 Å². The molecule has 1 saturated carbocycles. The summed E-state index contributed by atoms with van der Waals surface area (Å²) in [5, 5.41) is 0. The summed E-state index contributed by atoms with van der Waals surface area (Å²) in [5.41, 5.74) is 0.726. The van der Waals surface area contributed by atoms with Gasteiger partial charge in [0.25, 0.3) is 5.56 Å². The Morgan fingerprint density at radius 3 is 2.10 bits per heavy atom. The Morgan fingerprint density at radius 2 is 1.52 bits per heavy atom. The molecule has 1 aliphatic carbocycles. The number of nitrogens with one attached hydrogen (secondary N) is 1. The lowest BCUT2D eigenvalue weighted by Gasteiger charge is -2.36. The van der Waals surface area contributed by atoms with Crippen molar-refractivity contribution in [1.29, 1.82) is 0 Å². The molecule has 2 fully saturated rings. The number of piperazine rings is 1. The largest absolute Gasteiger partial charge is 0.444 e. The molecule has 1 aliphatic heterocycles. The third-order valence-corrected chi connectivity index (χ3v) is 6.66. The number of hydrogen-bond acceptors (Lipinski definition) is 7. The van der Waals surface area contributed by atoms with Crippen LogP contribution in [-0.4, -0.2) is 68.1 Å². The van der Waals surface area contributed by atoms with E-state index in [0.717, 1.165) is 12.8 Å². The van der Waals surface area contributed by atoms with E-state index in [-0.39, 0.29) is 11.6 Å². The number of ether oxygens (including phenoxy) is 2. The molecule has 3 heterocycles. The second-order valence-corrected chi connectivity index (χ2v) is 12.3. The Hall–Kier alpha value is -4.03. The van der Waals surface area contributed by atoms with Gasteiger partial charge in [0.15, 0.2) is 0 Å². The monoisotopic (exact) mass is 558 g/mol. The summed E-state index contributed by atoms with van der Waals surface area (Å²) in [7, 11) is 0. The molecule has 13 heteroatoms. The van der Waals surface area contributed by atoms with Crippen molar-refractivity contribution in [1.82, 2.24) is 18.5 Å². The van der Waals surface area contributed by atoms with Crippen LogP contribution < -0.4 is 21.6 Å². The summed E-state index contributed by atoms with van der Waals surface area (Å²) >= 11 is 0. The lowest BCUT2D eigenvalue weighted by molar-refractivity contribution is 0.0240. The zero-order valence-electron chi connectivity index (χ0n) is 23.6. The maximum atomic E-state index is 15.6. The van der Waals surface area contributed by atoms with Crippen LogP contribution in [0.2, 0.25) is 0 Å². The molecular formula is C27H35FN6O6. The quantitative estimate of drug-likeness (QED) is 0.523. The molecule has 40 heavy (non-hydrogen) atoms. The molecule has 0 bridgehead atoms. The van der Waals surface area contributed by atoms with Crippen LogP contribution in [0.1, 0.15) is 60.4 Å². The smallest absolute Gasteiger partial charge is 0.427 e. The highest BCUT2D eigenvalue weighted by Gasteiger charge is 2.32. The van der Waals surface area contributed by atoms with Gasteiger partial charge in [-0.25, -0.2) is 28.6 Å². The van der Waals surface area contributed by atoms with Crippen molar-refractivity contribution in [3.8, 4) is 0 Å². The number of carbonyl (C=O) groups excluding carboxylic acids is 2. The molecule has 1 aromatic carbocycles. The van der Waals surface area contributed by atoms with E-state index in [0.29, 0.717) is 47.7 Å². The second kappa shape index (κ2) is 9.56. The topological polar surface area (TPSA) is 120 Å². The SMILES string of the molecule is CC(C)(C)OC(=O)Nn1c(=O)cc2n(C3CC3)c3cc(N4CCN(C(=O)OC(C)(C)C)CC4)c(F)cc3n2c1=O. The Balaban J connectivity index is 1.52. The van der Waals surface area contributed by atoms with Crippen molar-refractivity contribution in [3.63, 3.8) is 0 Å². The fraction of sp³-hybridized carbons (Fsp3) is 0.556. The maximum Gasteiger partial charge on any atom is 0.427 e. The van der Waals surface area contributed by atoms with Crippen molar-refractivity contribution < 1.29 is 23.5 Å². The maximum absolute atomic E-state index is 15.6. The van der Waals surface area contributed by atoms with Gasteiger partial charge < -0.3 is 23.8 Å². The van der Waals surface area contributed by atoms with Crippen LogP contribution in [0.3, 0.4) is 0 Å². The van der Waals surface area contributed by atoms with Gasteiger partial charge in [-0.3, -0.25) is 4.79 Å². The first kappa shape index (κ1) is 27.5. The van der Waals surface area contributed by atoms with Gasteiger partial charge in [0.1, 0.15) is 22.7 Å². The van der Waals surface area contributed by atoms with Crippen molar-refractivity contribution in [2.75, 3.05) is 36.5 Å². The Kier molecular flexibility index (Phi) is 6.58. The van der Waals surface area contributed by atoms with Crippen molar-refractivity contribution in [2.24, 2.45) is 0 Å². The fourth-order valence-electron chi connectivity index (χ4n) is 4.88. The lowest BCUT2D eigenvalue weighted by atomic mass is 10.2. The lowest BCUT2D eigenvalue weighted by Crippen LogP contribution is -2.50. The van der Waals surface area contributed by atoms with Crippen LogP contribution in [0.4, 0.5) is 19.7 Å². The molecule has 3 aromatic rings. The van der Waals surface area contributed by atoms with E-state index < -0.39 is 40.5 Å². The molecule has 0 radical (unpaired) electrons. The zero-order chi connectivity index (χ0) is 29.1. The molecule has 1 saturated heterocycles. The van der Waals surface area contributed by atoms with Crippen molar-refractivity contribution in [3.05, 3.63) is 44.9 Å². The van der Waals surface area contributed by atoms with E-state index in [1.165, 1.54) is 16.5 Å². The number of nitrogens with zero attached hydrogens (tertiary/aromatic N) is 5. The summed E-state index contributed by atoms with van der Waals surface area (Å²) in [5.74, 6) is -0.544. The number of benzene rings is 1. The van der Waals surface area contributed by atoms with E-state index in [1.54, 1.807) is 52.5 Å². The first-order valence-electron chi connectivity index (χ1n) is 13.4. The second-order valence-electron chi connectivity index (χ2n) is 12.3. The molecule has 2 aromatic heterocycles. The van der Waals surface area contributed by atoms with Gasteiger partial charge in [-0.1, -0.05) is 0 Å². The van der Waals surface area contributed by atoms with Gasteiger partial charge in [0.05, 0.1) is 16.7 Å². The number of amides is 2. The highest BCUT2D eigenvalue weighted by molar-refractivity contribution is 5.86. The average molecular weight is 559 g/mol. The zero-order valence-corrected chi connectivity index (χ0v) is 23.6. The van der Waals surface area contributed by atoms with Crippen LogP contribution in [-0.2, 0) is 9.47 Å². The van der Waals surface area contributed by atoms with Crippen LogP contribution >= 0.6 is 0 Å². The summed E-state index contributed by atoms with van der Waals surface area (Å²) in [6, 6.07) is 4.28. The number of aromatic nitrogens is 3. The Labute approximate surface area is 229 Å². The number of halogens is 1. The molecule has 1 N–H and O–H groups in total. The van der Waals surface area contributed by atoms with Gasteiger partial charge in [-0.15, -0.1) is 0 Å². The van der Waals surface area contributed by atoms with Crippen LogP contribution in [0.25, 0.3) is 16.7 Å². The van der Waals surface area contributed by atoms with E-state index >= 15 is 4.39 Å². The first-order chi connectivity index (χ1) is 18.6. The fourth-order valence-corrected chi connectivity index (χ4v) is 4.88. The van der Waals surface area contributed by atoms with E-state index in [1.807, 2.05) is 9.47 Å². The molecule has 216 valence electrons. The normalized spacial score (nSPS) is 16.5. The Morgan fingerprint density at radius 1 is 0.900 bits per heavy atom. The highest BCUT2D eigenvalue weighted by atomic mass is 19.1. The number of fused-ring (bicyclic) bond motifs is 3. The molecule has 5 rings (SSSR count).